The number of aromatic nitrogens is 1. The zero-order valence-electron chi connectivity index (χ0n) is 13.6. The summed E-state index contributed by atoms with van der Waals surface area (Å²) in [6.07, 6.45) is 1.48. The van der Waals surface area contributed by atoms with Gasteiger partial charge in [0.05, 0.1) is 17.5 Å². The lowest BCUT2D eigenvalue weighted by molar-refractivity contribution is -0.118. The summed E-state index contributed by atoms with van der Waals surface area (Å²) >= 11 is 1.44. The molecule has 1 heterocycles. The lowest BCUT2D eigenvalue weighted by Crippen LogP contribution is -2.19. The maximum Gasteiger partial charge on any atom is 0.250 e. The van der Waals surface area contributed by atoms with Crippen LogP contribution in [0, 0.1) is 12.7 Å². The van der Waals surface area contributed by atoms with Crippen molar-refractivity contribution in [1.29, 1.82) is 0 Å². The highest BCUT2D eigenvalue weighted by Gasteiger charge is 2.07. The fourth-order valence-electron chi connectivity index (χ4n) is 2.29. The van der Waals surface area contributed by atoms with Gasteiger partial charge in [-0.05, 0) is 36.8 Å². The number of hydrazone groups is 1. The molecule has 25 heavy (non-hydrogen) atoms. The van der Waals surface area contributed by atoms with E-state index in [4.69, 9.17) is 0 Å². The van der Waals surface area contributed by atoms with Gasteiger partial charge in [0.1, 0.15) is 5.82 Å². The molecule has 0 atom stereocenters. The number of hydrogen-bond acceptors (Lipinski definition) is 4. The van der Waals surface area contributed by atoms with Crippen LogP contribution in [0.3, 0.4) is 0 Å². The number of para-hydroxylation sites is 1. The van der Waals surface area contributed by atoms with E-state index in [9.17, 15) is 9.18 Å². The van der Waals surface area contributed by atoms with Crippen molar-refractivity contribution in [3.05, 3.63) is 71.7 Å². The SMILES string of the molecule is Cc1cc(SCC(=O)N/N=C\c2ccc(F)cc2)c2ccccc2n1. The zero-order chi connectivity index (χ0) is 17.6. The first-order valence-corrected chi connectivity index (χ1v) is 8.67. The van der Waals surface area contributed by atoms with E-state index in [0.717, 1.165) is 21.5 Å². The van der Waals surface area contributed by atoms with Crippen molar-refractivity contribution in [2.75, 3.05) is 5.75 Å². The van der Waals surface area contributed by atoms with Gasteiger partial charge in [-0.1, -0.05) is 30.3 Å². The fraction of sp³-hybridized carbons (Fsp3) is 0.105. The number of aryl methyl sites for hydroxylation is 1. The van der Waals surface area contributed by atoms with E-state index < -0.39 is 0 Å². The number of fused-ring (bicyclic) bond motifs is 1. The topological polar surface area (TPSA) is 54.4 Å². The first-order valence-electron chi connectivity index (χ1n) is 7.68. The zero-order valence-corrected chi connectivity index (χ0v) is 14.4. The number of pyridine rings is 1. The summed E-state index contributed by atoms with van der Waals surface area (Å²) in [5.74, 6) is -0.270. The van der Waals surface area contributed by atoms with Crippen LogP contribution in [0.5, 0.6) is 0 Å². The molecule has 0 saturated carbocycles. The Hall–Kier alpha value is -2.73. The molecule has 0 bridgehead atoms. The van der Waals surface area contributed by atoms with E-state index >= 15 is 0 Å². The van der Waals surface area contributed by atoms with E-state index in [2.05, 4.69) is 15.5 Å². The molecule has 126 valence electrons. The molecule has 0 aliphatic heterocycles. The molecule has 0 aliphatic carbocycles. The standard InChI is InChI=1S/C19H16FN3OS/c1-13-10-18(16-4-2-3-5-17(16)22-13)25-12-19(24)23-21-11-14-6-8-15(20)9-7-14/h2-11H,12H2,1H3,(H,23,24)/b21-11-. The van der Waals surface area contributed by atoms with Crippen molar-refractivity contribution in [3.63, 3.8) is 0 Å². The van der Waals surface area contributed by atoms with Gasteiger partial charge in [-0.3, -0.25) is 9.78 Å². The highest BCUT2D eigenvalue weighted by Crippen LogP contribution is 2.27. The molecule has 0 unspecified atom stereocenters. The second-order valence-corrected chi connectivity index (χ2v) is 6.43. The Morgan fingerprint density at radius 3 is 2.80 bits per heavy atom. The summed E-state index contributed by atoms with van der Waals surface area (Å²) in [6.45, 7) is 1.93. The van der Waals surface area contributed by atoms with Crippen molar-refractivity contribution < 1.29 is 9.18 Å². The molecule has 1 aromatic heterocycles. The first kappa shape index (κ1) is 17.1. The summed E-state index contributed by atoms with van der Waals surface area (Å²) in [6, 6.07) is 15.7. The van der Waals surface area contributed by atoms with E-state index in [-0.39, 0.29) is 17.5 Å². The second kappa shape index (κ2) is 7.90. The Labute approximate surface area is 149 Å². The average Bonchev–Trinajstić information content (AvgIpc) is 2.61. The smallest absolute Gasteiger partial charge is 0.250 e. The third-order valence-corrected chi connectivity index (χ3v) is 4.49. The third kappa shape index (κ3) is 4.64. The number of hydrogen-bond donors (Lipinski definition) is 1. The van der Waals surface area contributed by atoms with Gasteiger partial charge < -0.3 is 0 Å². The van der Waals surface area contributed by atoms with Gasteiger partial charge in [-0.15, -0.1) is 11.8 Å². The van der Waals surface area contributed by atoms with E-state index in [1.807, 2.05) is 37.3 Å². The molecular weight excluding hydrogens is 337 g/mol. The summed E-state index contributed by atoms with van der Waals surface area (Å²) in [5, 5.41) is 4.92. The van der Waals surface area contributed by atoms with Crippen LogP contribution in [0.4, 0.5) is 4.39 Å². The van der Waals surface area contributed by atoms with Crippen LogP contribution in [-0.2, 0) is 4.79 Å². The molecule has 3 aromatic rings. The van der Waals surface area contributed by atoms with Crippen LogP contribution in [0.15, 0.2) is 64.6 Å². The van der Waals surface area contributed by atoms with Crippen molar-refractivity contribution in [1.82, 2.24) is 10.4 Å². The highest BCUT2D eigenvalue weighted by molar-refractivity contribution is 8.00. The molecule has 4 nitrogen and oxygen atoms in total. The van der Waals surface area contributed by atoms with Gasteiger partial charge in [-0.25, -0.2) is 9.82 Å². The van der Waals surface area contributed by atoms with Crippen molar-refractivity contribution in [3.8, 4) is 0 Å². The van der Waals surface area contributed by atoms with Crippen LogP contribution in [0.1, 0.15) is 11.3 Å². The second-order valence-electron chi connectivity index (χ2n) is 5.41. The van der Waals surface area contributed by atoms with Gasteiger partial charge in [0.15, 0.2) is 0 Å². The van der Waals surface area contributed by atoms with Crippen LogP contribution in [0.2, 0.25) is 0 Å². The summed E-state index contributed by atoms with van der Waals surface area (Å²) in [5.41, 5.74) is 5.02. The normalized spacial score (nSPS) is 11.1. The lowest BCUT2D eigenvalue weighted by atomic mass is 10.2. The largest absolute Gasteiger partial charge is 0.272 e. The Morgan fingerprint density at radius 1 is 1.24 bits per heavy atom. The minimum absolute atomic E-state index is 0.207. The number of carbonyl (C=O) groups is 1. The Kier molecular flexibility index (Phi) is 5.40. The van der Waals surface area contributed by atoms with Crippen LogP contribution in [-0.4, -0.2) is 22.9 Å². The number of nitrogens with zero attached hydrogens (tertiary/aromatic N) is 2. The molecule has 6 heteroatoms. The number of benzene rings is 2. The van der Waals surface area contributed by atoms with E-state index in [0.29, 0.717) is 5.56 Å². The van der Waals surface area contributed by atoms with E-state index in [1.165, 1.54) is 30.1 Å². The van der Waals surface area contributed by atoms with E-state index in [1.54, 1.807) is 12.1 Å². The van der Waals surface area contributed by atoms with Gasteiger partial charge in [0.25, 0.3) is 0 Å². The van der Waals surface area contributed by atoms with Crippen LogP contribution in [0.25, 0.3) is 10.9 Å². The maximum absolute atomic E-state index is 12.8. The molecule has 3 rings (SSSR count). The van der Waals surface area contributed by atoms with Crippen LogP contribution < -0.4 is 5.43 Å². The monoisotopic (exact) mass is 353 g/mol. The number of amides is 1. The van der Waals surface area contributed by atoms with Gasteiger partial charge >= 0.3 is 0 Å². The number of nitrogens with one attached hydrogen (secondary N) is 1. The molecule has 0 fully saturated rings. The van der Waals surface area contributed by atoms with Crippen molar-refractivity contribution in [2.24, 2.45) is 5.10 Å². The van der Waals surface area contributed by atoms with Gasteiger partial charge in [0.2, 0.25) is 5.91 Å². The predicted octanol–water partition coefficient (Wildman–Crippen LogP) is 3.92. The van der Waals surface area contributed by atoms with Crippen molar-refractivity contribution >= 4 is 34.8 Å². The Balaban J connectivity index is 1.60. The molecule has 2 aromatic carbocycles. The summed E-state index contributed by atoms with van der Waals surface area (Å²) < 4.78 is 12.8. The number of rotatable bonds is 5. The molecule has 0 spiro atoms. The predicted molar refractivity (Wildman–Crippen MR) is 99.3 cm³/mol. The Morgan fingerprint density at radius 2 is 2.00 bits per heavy atom. The first-order chi connectivity index (χ1) is 12.1. The number of halogens is 1. The molecule has 0 aliphatic rings. The number of thioether (sulfide) groups is 1. The quantitative estimate of drug-likeness (QED) is 0.430. The third-order valence-electron chi connectivity index (χ3n) is 3.44. The van der Waals surface area contributed by atoms with Crippen molar-refractivity contribution in [2.45, 2.75) is 11.8 Å². The lowest BCUT2D eigenvalue weighted by Gasteiger charge is -2.07. The molecule has 0 saturated heterocycles. The Bertz CT molecular complexity index is 926. The molecular formula is C19H16FN3OS. The van der Waals surface area contributed by atoms with Gasteiger partial charge in [0, 0.05) is 16.0 Å². The maximum atomic E-state index is 12.8. The number of carbonyl (C=O) groups excluding carboxylic acids is 1. The van der Waals surface area contributed by atoms with Crippen LogP contribution >= 0.6 is 11.8 Å². The highest BCUT2D eigenvalue weighted by atomic mass is 32.2. The molecule has 0 radical (unpaired) electrons. The summed E-state index contributed by atoms with van der Waals surface area (Å²) in [7, 11) is 0. The molecule has 1 amide bonds. The fourth-order valence-corrected chi connectivity index (χ4v) is 3.23. The average molecular weight is 353 g/mol. The minimum atomic E-state index is -0.308. The minimum Gasteiger partial charge on any atom is -0.272 e. The van der Waals surface area contributed by atoms with Gasteiger partial charge in [-0.2, -0.15) is 5.10 Å². The summed E-state index contributed by atoms with van der Waals surface area (Å²) in [4.78, 5) is 17.5. The molecule has 1 N–H and O–H groups in total.